The van der Waals surface area contributed by atoms with Gasteiger partial charge in [-0.15, -0.1) is 0 Å². The van der Waals surface area contributed by atoms with Gasteiger partial charge in [0.15, 0.2) is 0 Å². The molecule has 1 heterocycles. The lowest BCUT2D eigenvalue weighted by Crippen LogP contribution is -2.07. The first-order valence-corrected chi connectivity index (χ1v) is 8.61. The molecule has 2 aromatic rings. The van der Waals surface area contributed by atoms with Crippen LogP contribution in [0.15, 0.2) is 29.4 Å². The summed E-state index contributed by atoms with van der Waals surface area (Å²) in [5.74, 6) is -1.36. The summed E-state index contributed by atoms with van der Waals surface area (Å²) in [5.41, 5.74) is 0.190. The summed E-state index contributed by atoms with van der Waals surface area (Å²) >= 11 is 0. The Kier molecular flexibility index (Phi) is 5.59. The molecule has 0 N–H and O–H groups in total. The van der Waals surface area contributed by atoms with E-state index in [4.69, 9.17) is 0 Å². The van der Waals surface area contributed by atoms with Gasteiger partial charge in [-0.25, -0.2) is 4.39 Å². The number of nitrogens with zero attached hydrogens (tertiary/aromatic N) is 1. The minimum Gasteiger partial charge on any atom is -0.264 e. The molecule has 0 saturated carbocycles. The van der Waals surface area contributed by atoms with Crippen LogP contribution in [0, 0.1) is 12.7 Å². The third-order valence-corrected chi connectivity index (χ3v) is 3.59. The van der Waals surface area contributed by atoms with Crippen LogP contribution in [0.4, 0.5) is 23.8 Å². The summed E-state index contributed by atoms with van der Waals surface area (Å²) in [6.07, 6.45) is 1.84. The van der Waals surface area contributed by atoms with Gasteiger partial charge in [0.2, 0.25) is 0 Å². The third-order valence-electron chi connectivity index (χ3n) is 2.42. The zero-order chi connectivity index (χ0) is 17.8. The first kappa shape index (κ1) is 20.6. The fourth-order valence-corrected chi connectivity index (χ4v) is 2.58. The van der Waals surface area contributed by atoms with Gasteiger partial charge < -0.3 is 0 Å². The van der Waals surface area contributed by atoms with Crippen molar-refractivity contribution in [1.82, 2.24) is 4.98 Å². The van der Waals surface area contributed by atoms with Crippen LogP contribution in [0.5, 0.6) is 0 Å². The third kappa shape index (κ3) is 4.79. The molecule has 0 aliphatic heterocycles. The van der Waals surface area contributed by atoms with Crippen LogP contribution in [0.1, 0.15) is 33.3 Å². The summed E-state index contributed by atoms with van der Waals surface area (Å²) in [7, 11) is -9.95. The quantitative estimate of drug-likeness (QED) is 0.490. The van der Waals surface area contributed by atoms with E-state index in [-0.39, 0.29) is 17.0 Å². The Morgan fingerprint density at radius 3 is 1.77 bits per heavy atom. The fraction of sp³-hybridized carbons (Fsp3) is 0.357. The Labute approximate surface area is 126 Å². The highest BCUT2D eigenvalue weighted by Gasteiger charge is 2.66. The van der Waals surface area contributed by atoms with Crippen LogP contribution >= 0.6 is 10.2 Å². The van der Waals surface area contributed by atoms with Gasteiger partial charge >= 0.3 is 10.2 Å². The summed E-state index contributed by atoms with van der Waals surface area (Å²) in [4.78, 5) is 1.21. The maximum absolute atomic E-state index is 13.1. The van der Waals surface area contributed by atoms with E-state index in [0.29, 0.717) is 6.20 Å². The smallest absolute Gasteiger partial charge is 0.264 e. The second kappa shape index (κ2) is 5.98. The van der Waals surface area contributed by atoms with Crippen molar-refractivity contribution < 1.29 is 23.8 Å². The Bertz CT molecular complexity index is 652. The summed E-state index contributed by atoms with van der Waals surface area (Å²) in [5, 5.41) is -1.02. The Hall–Kier alpha value is -1.44. The van der Waals surface area contributed by atoms with E-state index in [1.807, 2.05) is 27.7 Å². The highest BCUT2D eigenvalue weighted by Crippen LogP contribution is 3.02. The van der Waals surface area contributed by atoms with Crippen LogP contribution in [-0.4, -0.2) is 4.98 Å². The van der Waals surface area contributed by atoms with Crippen LogP contribution in [0.3, 0.4) is 0 Å². The largest absolute Gasteiger partial charge is 0.311 e. The number of hydrogen-bond acceptors (Lipinski definition) is 1. The van der Waals surface area contributed by atoms with Gasteiger partial charge in [-0.3, -0.25) is 4.98 Å². The lowest BCUT2D eigenvalue weighted by molar-refractivity contribution is 0.364. The van der Waals surface area contributed by atoms with Crippen molar-refractivity contribution in [3.8, 4) is 0 Å². The monoisotopic (exact) mass is 347 g/mol. The van der Waals surface area contributed by atoms with Crippen LogP contribution in [-0.2, 0) is 0 Å². The van der Waals surface area contributed by atoms with Crippen LogP contribution < -0.4 is 0 Å². The molecule has 0 aliphatic rings. The SMILES string of the molecule is CC.CC.Cc1cncc2c(S(F)(F)(F)(F)F)cc(F)cc12. The first-order chi connectivity index (χ1) is 9.88. The highest BCUT2D eigenvalue weighted by molar-refractivity contribution is 8.46. The number of fused-ring (bicyclic) bond motifs is 1. The van der Waals surface area contributed by atoms with Gasteiger partial charge in [0.05, 0.1) is 0 Å². The minimum atomic E-state index is -9.95. The summed E-state index contributed by atoms with van der Waals surface area (Å²) in [6.45, 7) is 9.37. The molecule has 1 aromatic heterocycles. The topological polar surface area (TPSA) is 12.9 Å². The van der Waals surface area contributed by atoms with E-state index < -0.39 is 26.3 Å². The molecule has 8 heteroatoms. The molecule has 22 heavy (non-hydrogen) atoms. The molecule has 0 aliphatic carbocycles. The number of aryl methyl sites for hydroxylation is 1. The van der Waals surface area contributed by atoms with Gasteiger partial charge in [0.1, 0.15) is 10.7 Å². The molecule has 0 amide bonds. The second-order valence-electron chi connectivity index (χ2n) is 3.92. The average molecular weight is 347 g/mol. The molecule has 128 valence electrons. The van der Waals surface area contributed by atoms with Crippen molar-refractivity contribution in [3.63, 3.8) is 0 Å². The Morgan fingerprint density at radius 2 is 1.32 bits per heavy atom. The lowest BCUT2D eigenvalue weighted by atomic mass is 10.1. The number of pyridine rings is 1. The van der Waals surface area contributed by atoms with E-state index >= 15 is 0 Å². The van der Waals surface area contributed by atoms with Crippen LogP contribution in [0.25, 0.3) is 10.8 Å². The average Bonchev–Trinajstić information content (AvgIpc) is 2.41. The molecule has 0 fully saturated rings. The molecular formula is C14H19F6NS. The van der Waals surface area contributed by atoms with E-state index in [2.05, 4.69) is 4.98 Å². The van der Waals surface area contributed by atoms with Crippen molar-refractivity contribution in [2.45, 2.75) is 39.5 Å². The molecule has 0 saturated heterocycles. The predicted molar refractivity (Wildman–Crippen MR) is 80.5 cm³/mol. The molecule has 2 rings (SSSR count). The molecular weight excluding hydrogens is 328 g/mol. The number of hydrogen-bond donors (Lipinski definition) is 0. The first-order valence-electron chi connectivity index (χ1n) is 6.66. The van der Waals surface area contributed by atoms with Crippen molar-refractivity contribution >= 4 is 21.0 Å². The van der Waals surface area contributed by atoms with Gasteiger partial charge in [0, 0.05) is 17.8 Å². The number of benzene rings is 1. The highest BCUT2D eigenvalue weighted by atomic mass is 32.5. The van der Waals surface area contributed by atoms with Gasteiger partial charge in [0.25, 0.3) is 0 Å². The fourth-order valence-electron chi connectivity index (χ4n) is 1.66. The lowest BCUT2D eigenvalue weighted by Gasteiger charge is -2.41. The molecule has 0 spiro atoms. The van der Waals surface area contributed by atoms with Gasteiger partial charge in [-0.1, -0.05) is 47.1 Å². The normalized spacial score (nSPS) is 14.0. The van der Waals surface area contributed by atoms with E-state index in [1.165, 1.54) is 13.1 Å². The molecule has 0 bridgehead atoms. The number of rotatable bonds is 1. The second-order valence-corrected chi connectivity index (χ2v) is 6.30. The van der Waals surface area contributed by atoms with Gasteiger partial charge in [-0.2, -0.15) is 0 Å². The molecule has 1 aromatic carbocycles. The minimum absolute atomic E-state index is 0.189. The molecule has 1 nitrogen and oxygen atoms in total. The van der Waals surface area contributed by atoms with Crippen LogP contribution in [0.2, 0.25) is 0 Å². The van der Waals surface area contributed by atoms with Crippen molar-refractivity contribution in [1.29, 1.82) is 0 Å². The zero-order valence-corrected chi connectivity index (χ0v) is 13.7. The standard InChI is InChI=1S/C10H7F6NS.2C2H6/c1-6-4-17-5-9-8(6)2-7(11)3-10(9)18(12,13,14,15)16;2*1-2/h2-5H,1H3;2*1-2H3. The van der Waals surface area contributed by atoms with E-state index in [0.717, 1.165) is 6.07 Å². The van der Waals surface area contributed by atoms with Crippen molar-refractivity contribution in [2.75, 3.05) is 0 Å². The molecule has 0 unspecified atom stereocenters. The van der Waals surface area contributed by atoms with E-state index in [1.54, 1.807) is 0 Å². The van der Waals surface area contributed by atoms with Crippen molar-refractivity contribution in [2.24, 2.45) is 0 Å². The van der Waals surface area contributed by atoms with E-state index in [9.17, 15) is 23.8 Å². The maximum atomic E-state index is 13.1. The van der Waals surface area contributed by atoms with Gasteiger partial charge in [-0.05, 0) is 30.0 Å². The maximum Gasteiger partial charge on any atom is 0.311 e. The summed E-state index contributed by atoms with van der Waals surface area (Å²) in [6, 6.07) is 0.588. The Balaban J connectivity index is 0.00000102. The molecule has 0 atom stereocenters. The predicted octanol–water partition coefficient (Wildman–Crippen LogP) is 7.39. The number of aromatic nitrogens is 1. The Morgan fingerprint density at radius 1 is 0.818 bits per heavy atom. The number of halogens is 6. The summed E-state index contributed by atoms with van der Waals surface area (Å²) < 4.78 is 77.1. The van der Waals surface area contributed by atoms with Crippen molar-refractivity contribution in [3.05, 3.63) is 35.9 Å². The molecule has 0 radical (unpaired) electrons. The zero-order valence-electron chi connectivity index (χ0n) is 12.9.